The number of phenolic OH excluding ortho intramolecular Hbond substituents is 1. The Morgan fingerprint density at radius 3 is 1.67 bits per heavy atom. The third kappa shape index (κ3) is 4.13. The molecule has 0 heterocycles. The van der Waals surface area contributed by atoms with Gasteiger partial charge in [-0.15, -0.1) is 0 Å². The molecule has 1 aromatic rings. The standard InChI is InChI=1S/C6H6O.O.Zn/c7-6-4-2-1-3-5-6;;/h1-5,7H;;/q;-2;+2. The van der Waals surface area contributed by atoms with Crippen LogP contribution in [0.5, 0.6) is 5.75 Å². The Kier molecular flexibility index (Phi) is 7.27. The average molecular weight is 176 g/mol. The molecule has 0 fully saturated rings. The van der Waals surface area contributed by atoms with Crippen LogP contribution in [-0.4, -0.2) is 5.11 Å². The van der Waals surface area contributed by atoms with E-state index >= 15 is 0 Å². The molecule has 0 radical (unpaired) electrons. The van der Waals surface area contributed by atoms with Crippen molar-refractivity contribution < 1.29 is 30.1 Å². The van der Waals surface area contributed by atoms with Crippen LogP contribution >= 0.6 is 0 Å². The van der Waals surface area contributed by atoms with Gasteiger partial charge in [0, 0.05) is 0 Å². The summed E-state index contributed by atoms with van der Waals surface area (Å²) in [6.45, 7) is 0. The summed E-state index contributed by atoms with van der Waals surface area (Å²) < 4.78 is 0. The fourth-order valence-corrected chi connectivity index (χ4v) is 0.428. The maximum absolute atomic E-state index is 8.63. The van der Waals surface area contributed by atoms with Gasteiger partial charge in [-0.3, -0.25) is 0 Å². The van der Waals surface area contributed by atoms with Crippen LogP contribution in [0.2, 0.25) is 0 Å². The topological polar surface area (TPSA) is 48.7 Å². The predicted octanol–water partition coefficient (Wildman–Crippen LogP) is 1.27. The molecule has 0 aliphatic heterocycles. The van der Waals surface area contributed by atoms with Gasteiger partial charge in [-0.2, -0.15) is 0 Å². The summed E-state index contributed by atoms with van der Waals surface area (Å²) in [6.07, 6.45) is 0. The molecule has 0 spiro atoms. The first kappa shape index (κ1) is 11.4. The van der Waals surface area contributed by atoms with Crippen LogP contribution in [-0.2, 0) is 25.0 Å². The molecule has 0 aliphatic rings. The predicted molar refractivity (Wildman–Crippen MR) is 28.8 cm³/mol. The van der Waals surface area contributed by atoms with E-state index in [9.17, 15) is 0 Å². The Hall–Kier alpha value is -0.397. The first-order valence-electron chi connectivity index (χ1n) is 2.13. The van der Waals surface area contributed by atoms with E-state index < -0.39 is 0 Å². The minimum atomic E-state index is 0. The van der Waals surface area contributed by atoms with Gasteiger partial charge in [-0.25, -0.2) is 0 Å². The van der Waals surface area contributed by atoms with Crippen molar-refractivity contribution in [3.8, 4) is 5.75 Å². The number of hydrogen-bond donors (Lipinski definition) is 1. The van der Waals surface area contributed by atoms with Gasteiger partial charge in [0.15, 0.2) is 0 Å². The largest absolute Gasteiger partial charge is 2.00 e. The SMILES string of the molecule is Oc1ccccc1.[O-2].[Zn+2]. The second-order valence-corrected chi connectivity index (χ2v) is 1.34. The van der Waals surface area contributed by atoms with Crippen molar-refractivity contribution in [2.45, 2.75) is 0 Å². The van der Waals surface area contributed by atoms with E-state index in [0.29, 0.717) is 5.75 Å². The van der Waals surface area contributed by atoms with E-state index in [4.69, 9.17) is 5.11 Å². The van der Waals surface area contributed by atoms with Crippen LogP contribution in [0.25, 0.3) is 0 Å². The fraction of sp³-hybridized carbons (Fsp3) is 0. The summed E-state index contributed by atoms with van der Waals surface area (Å²) in [4.78, 5) is 0. The molecule has 1 aromatic carbocycles. The van der Waals surface area contributed by atoms with Crippen LogP contribution in [0.1, 0.15) is 0 Å². The summed E-state index contributed by atoms with van der Waals surface area (Å²) in [7, 11) is 0. The normalized spacial score (nSPS) is 6.67. The van der Waals surface area contributed by atoms with Crippen LogP contribution in [0.3, 0.4) is 0 Å². The average Bonchev–Trinajstić information content (AvgIpc) is 1.69. The van der Waals surface area contributed by atoms with E-state index in [1.165, 1.54) is 0 Å². The summed E-state index contributed by atoms with van der Waals surface area (Å²) in [5.74, 6) is 0.322. The molecule has 1 rings (SSSR count). The third-order valence-electron chi connectivity index (χ3n) is 0.756. The minimum absolute atomic E-state index is 0. The van der Waals surface area contributed by atoms with E-state index in [0.717, 1.165) is 0 Å². The van der Waals surface area contributed by atoms with Crippen molar-refractivity contribution in [2.24, 2.45) is 0 Å². The second kappa shape index (κ2) is 5.73. The van der Waals surface area contributed by atoms with Crippen LogP contribution < -0.4 is 0 Å². The molecule has 3 heteroatoms. The Bertz CT molecular complexity index is 141. The number of para-hydroxylation sites is 1. The summed E-state index contributed by atoms with van der Waals surface area (Å²) in [5, 5.41) is 8.63. The molecule has 0 atom stereocenters. The first-order valence-corrected chi connectivity index (χ1v) is 2.13. The smallest absolute Gasteiger partial charge is 2.00 e. The molecule has 0 amide bonds. The second-order valence-electron chi connectivity index (χ2n) is 1.34. The number of hydrogen-bond acceptors (Lipinski definition) is 1. The van der Waals surface area contributed by atoms with Crippen molar-refractivity contribution >= 4 is 0 Å². The number of aromatic hydroxyl groups is 1. The van der Waals surface area contributed by atoms with Gasteiger partial charge in [-0.05, 0) is 12.1 Å². The molecule has 9 heavy (non-hydrogen) atoms. The fourth-order valence-electron chi connectivity index (χ4n) is 0.428. The van der Waals surface area contributed by atoms with Crippen LogP contribution in [0.4, 0.5) is 0 Å². The molecule has 0 saturated carbocycles. The Balaban J connectivity index is 0. The van der Waals surface area contributed by atoms with Crippen LogP contribution in [0, 0.1) is 0 Å². The van der Waals surface area contributed by atoms with Gasteiger partial charge in [0.1, 0.15) is 5.75 Å². The minimum Gasteiger partial charge on any atom is -2.00 e. The summed E-state index contributed by atoms with van der Waals surface area (Å²) in [5.41, 5.74) is 0. The molecule has 2 nitrogen and oxygen atoms in total. The molecule has 0 bridgehead atoms. The summed E-state index contributed by atoms with van der Waals surface area (Å²) >= 11 is 0. The zero-order valence-corrected chi connectivity index (χ0v) is 7.92. The molecule has 0 aromatic heterocycles. The van der Waals surface area contributed by atoms with E-state index in [1.54, 1.807) is 24.3 Å². The maximum atomic E-state index is 8.63. The molecule has 0 unspecified atom stereocenters. The zero-order valence-electron chi connectivity index (χ0n) is 4.95. The van der Waals surface area contributed by atoms with E-state index in [-0.39, 0.29) is 25.0 Å². The Labute approximate surface area is 66.6 Å². The number of phenols is 1. The van der Waals surface area contributed by atoms with Crippen molar-refractivity contribution in [1.82, 2.24) is 0 Å². The number of rotatable bonds is 0. The molecule has 0 saturated heterocycles. The third-order valence-corrected chi connectivity index (χ3v) is 0.756. The van der Waals surface area contributed by atoms with Gasteiger partial charge < -0.3 is 10.6 Å². The van der Waals surface area contributed by atoms with Gasteiger partial charge in [0.05, 0.1) is 0 Å². The monoisotopic (exact) mass is 174 g/mol. The van der Waals surface area contributed by atoms with Crippen molar-refractivity contribution in [2.75, 3.05) is 0 Å². The Morgan fingerprint density at radius 1 is 1.00 bits per heavy atom. The van der Waals surface area contributed by atoms with E-state index in [2.05, 4.69) is 0 Å². The van der Waals surface area contributed by atoms with Gasteiger partial charge in [-0.1, -0.05) is 18.2 Å². The quantitative estimate of drug-likeness (QED) is 0.593. The summed E-state index contributed by atoms with van der Waals surface area (Å²) in [6, 6.07) is 8.71. The zero-order chi connectivity index (χ0) is 5.11. The van der Waals surface area contributed by atoms with Crippen LogP contribution in [0.15, 0.2) is 30.3 Å². The molecule has 0 aliphatic carbocycles. The molecular weight excluding hydrogens is 169 g/mol. The first-order chi connectivity index (χ1) is 3.39. The maximum Gasteiger partial charge on any atom is 2.00 e. The van der Waals surface area contributed by atoms with E-state index in [1.807, 2.05) is 6.07 Å². The van der Waals surface area contributed by atoms with Crippen molar-refractivity contribution in [1.29, 1.82) is 0 Å². The molecule has 44 valence electrons. The molecule has 1 N–H and O–H groups in total. The van der Waals surface area contributed by atoms with Crippen molar-refractivity contribution in [3.63, 3.8) is 0 Å². The van der Waals surface area contributed by atoms with Gasteiger partial charge in [0.2, 0.25) is 0 Å². The molecular formula is C6H6O2Zn. The number of benzene rings is 1. The van der Waals surface area contributed by atoms with Gasteiger partial charge in [0.25, 0.3) is 0 Å². The Morgan fingerprint density at radius 2 is 1.44 bits per heavy atom. The van der Waals surface area contributed by atoms with Crippen molar-refractivity contribution in [3.05, 3.63) is 30.3 Å². The van der Waals surface area contributed by atoms with Gasteiger partial charge >= 0.3 is 19.5 Å².